The second kappa shape index (κ2) is 6.15. The van der Waals surface area contributed by atoms with Gasteiger partial charge in [-0.05, 0) is 45.9 Å². The van der Waals surface area contributed by atoms with Crippen molar-refractivity contribution in [3.63, 3.8) is 0 Å². The van der Waals surface area contributed by atoms with Crippen molar-refractivity contribution in [1.29, 1.82) is 5.26 Å². The fraction of sp³-hybridized carbons (Fsp3) is 0.562. The molecule has 0 amide bonds. The number of hydrogen-bond donors (Lipinski definition) is 1. The van der Waals surface area contributed by atoms with Crippen LogP contribution in [0.4, 0.5) is 0 Å². The second-order valence-corrected chi connectivity index (χ2v) is 5.80. The van der Waals surface area contributed by atoms with Crippen LogP contribution in [0.15, 0.2) is 18.2 Å². The predicted molar refractivity (Wildman–Crippen MR) is 77.9 cm³/mol. The summed E-state index contributed by atoms with van der Waals surface area (Å²) in [6, 6.07) is 8.56. The Morgan fingerprint density at radius 3 is 3.00 bits per heavy atom. The van der Waals surface area contributed by atoms with Gasteiger partial charge in [0.15, 0.2) is 0 Å². The van der Waals surface area contributed by atoms with E-state index in [0.717, 1.165) is 24.3 Å². The van der Waals surface area contributed by atoms with E-state index in [2.05, 4.69) is 17.5 Å². The lowest BCUT2D eigenvalue weighted by molar-refractivity contribution is 0.281. The van der Waals surface area contributed by atoms with Crippen molar-refractivity contribution in [2.75, 3.05) is 20.3 Å². The van der Waals surface area contributed by atoms with Crippen LogP contribution in [0.2, 0.25) is 0 Å². The van der Waals surface area contributed by atoms with E-state index < -0.39 is 0 Å². The van der Waals surface area contributed by atoms with Crippen LogP contribution < -0.4 is 14.8 Å². The molecule has 1 aliphatic heterocycles. The van der Waals surface area contributed by atoms with Gasteiger partial charge in [-0.3, -0.25) is 0 Å². The van der Waals surface area contributed by atoms with Gasteiger partial charge in [-0.2, -0.15) is 5.26 Å². The summed E-state index contributed by atoms with van der Waals surface area (Å²) in [4.78, 5) is 0. The molecule has 20 heavy (non-hydrogen) atoms. The number of likely N-dealkylation sites (N-methyl/N-ethyl adjacent to an activating group) is 1. The third-order valence-electron chi connectivity index (χ3n) is 3.63. The molecule has 0 bridgehead atoms. The summed E-state index contributed by atoms with van der Waals surface area (Å²) in [5.74, 6) is 1.73. The number of fused-ring (bicyclic) bond motifs is 1. The van der Waals surface area contributed by atoms with Crippen LogP contribution in [0.5, 0.6) is 11.5 Å². The average molecular weight is 274 g/mol. The maximum Gasteiger partial charge on any atom is 0.127 e. The molecule has 1 aliphatic rings. The number of rotatable bonds is 6. The summed E-state index contributed by atoms with van der Waals surface area (Å²) in [6.07, 6.45) is 1.71. The van der Waals surface area contributed by atoms with Crippen LogP contribution in [-0.2, 0) is 0 Å². The van der Waals surface area contributed by atoms with Crippen molar-refractivity contribution in [3.05, 3.63) is 23.8 Å². The number of hydrogen-bond acceptors (Lipinski definition) is 4. The number of nitrogens with zero attached hydrogens (tertiary/aromatic N) is 1. The molecule has 1 N–H and O–H groups in total. The molecule has 1 atom stereocenters. The molecule has 1 unspecified atom stereocenters. The lowest BCUT2D eigenvalue weighted by Gasteiger charge is -2.15. The van der Waals surface area contributed by atoms with Crippen LogP contribution in [-0.4, -0.2) is 20.3 Å². The quantitative estimate of drug-likeness (QED) is 0.810. The first-order chi connectivity index (χ1) is 9.55. The zero-order valence-corrected chi connectivity index (χ0v) is 12.4. The monoisotopic (exact) mass is 274 g/mol. The van der Waals surface area contributed by atoms with Gasteiger partial charge in [0.05, 0.1) is 24.1 Å². The van der Waals surface area contributed by atoms with Gasteiger partial charge < -0.3 is 14.8 Å². The van der Waals surface area contributed by atoms with E-state index in [1.807, 2.05) is 33.0 Å². The van der Waals surface area contributed by atoms with Crippen molar-refractivity contribution >= 4 is 0 Å². The first-order valence-electron chi connectivity index (χ1n) is 7.04. The van der Waals surface area contributed by atoms with Crippen LogP contribution >= 0.6 is 0 Å². The highest BCUT2D eigenvalue weighted by atomic mass is 16.5. The molecule has 1 aromatic carbocycles. The molecule has 0 spiro atoms. The molecule has 108 valence electrons. The molecule has 1 aromatic rings. The molecule has 0 aromatic heterocycles. The minimum Gasteiger partial charge on any atom is -0.493 e. The fourth-order valence-corrected chi connectivity index (χ4v) is 2.28. The Kier molecular flexibility index (Phi) is 4.51. The Hall–Kier alpha value is -1.73. The minimum absolute atomic E-state index is 0.273. The zero-order valence-electron chi connectivity index (χ0n) is 12.4. The first-order valence-corrected chi connectivity index (χ1v) is 7.04. The molecule has 2 rings (SSSR count). The molecule has 4 heteroatoms. The molecule has 0 aliphatic carbocycles. The van der Waals surface area contributed by atoms with Crippen molar-refractivity contribution in [2.24, 2.45) is 5.41 Å². The molecular formula is C16H22N2O2. The smallest absolute Gasteiger partial charge is 0.127 e. The van der Waals surface area contributed by atoms with Crippen molar-refractivity contribution in [1.82, 2.24) is 5.32 Å². The highest BCUT2D eigenvalue weighted by Gasteiger charge is 2.23. The van der Waals surface area contributed by atoms with Gasteiger partial charge in [0.1, 0.15) is 18.1 Å². The van der Waals surface area contributed by atoms with Gasteiger partial charge in [0.25, 0.3) is 0 Å². The highest BCUT2D eigenvalue weighted by Crippen LogP contribution is 2.35. The van der Waals surface area contributed by atoms with E-state index >= 15 is 0 Å². The standard InChI is InChI=1S/C16H22N2O2/c1-16(2,11-17)7-4-8-19-12-5-6-13-14(18-3)10-20-15(13)9-12/h5-6,9,14,18H,4,7-8,10H2,1-3H3. The summed E-state index contributed by atoms with van der Waals surface area (Å²) in [6.45, 7) is 5.20. The summed E-state index contributed by atoms with van der Waals surface area (Å²) in [5.41, 5.74) is 0.912. The van der Waals surface area contributed by atoms with Gasteiger partial charge >= 0.3 is 0 Å². The predicted octanol–water partition coefficient (Wildman–Crippen LogP) is 3.05. The van der Waals surface area contributed by atoms with E-state index in [1.165, 1.54) is 5.56 Å². The van der Waals surface area contributed by atoms with Gasteiger partial charge in [-0.15, -0.1) is 0 Å². The SMILES string of the molecule is CNC1COc2cc(OCCCC(C)(C)C#N)ccc21. The van der Waals surface area contributed by atoms with Crippen molar-refractivity contribution in [2.45, 2.75) is 32.7 Å². The Bertz CT molecular complexity index is 506. The topological polar surface area (TPSA) is 54.3 Å². The Morgan fingerprint density at radius 1 is 1.50 bits per heavy atom. The minimum atomic E-state index is -0.273. The molecule has 4 nitrogen and oxygen atoms in total. The summed E-state index contributed by atoms with van der Waals surface area (Å²) >= 11 is 0. The maximum absolute atomic E-state index is 8.95. The maximum atomic E-state index is 8.95. The van der Waals surface area contributed by atoms with Crippen molar-refractivity contribution < 1.29 is 9.47 Å². The van der Waals surface area contributed by atoms with Gasteiger partial charge in [0, 0.05) is 11.6 Å². The van der Waals surface area contributed by atoms with Crippen LogP contribution in [0, 0.1) is 16.7 Å². The number of nitrogens with one attached hydrogen (secondary N) is 1. The summed E-state index contributed by atoms with van der Waals surface area (Å²) in [5, 5.41) is 12.2. The summed E-state index contributed by atoms with van der Waals surface area (Å²) < 4.78 is 11.4. The molecule has 0 radical (unpaired) electrons. The average Bonchev–Trinajstić information content (AvgIpc) is 2.86. The normalized spacial score (nSPS) is 17.2. The van der Waals surface area contributed by atoms with Gasteiger partial charge in [-0.1, -0.05) is 0 Å². The Morgan fingerprint density at radius 2 is 2.30 bits per heavy atom. The van der Waals surface area contributed by atoms with E-state index in [9.17, 15) is 0 Å². The number of ether oxygens (including phenoxy) is 2. The third-order valence-corrected chi connectivity index (χ3v) is 3.63. The molecule has 1 heterocycles. The van der Waals surface area contributed by atoms with Gasteiger partial charge in [-0.25, -0.2) is 0 Å². The first kappa shape index (κ1) is 14.7. The largest absolute Gasteiger partial charge is 0.493 e. The lowest BCUT2D eigenvalue weighted by atomic mass is 9.90. The fourth-order valence-electron chi connectivity index (χ4n) is 2.28. The van der Waals surface area contributed by atoms with Crippen LogP contribution in [0.1, 0.15) is 38.3 Å². The van der Waals surface area contributed by atoms with E-state index in [-0.39, 0.29) is 11.5 Å². The van der Waals surface area contributed by atoms with E-state index in [1.54, 1.807) is 0 Å². The van der Waals surface area contributed by atoms with Crippen LogP contribution in [0.3, 0.4) is 0 Å². The lowest BCUT2D eigenvalue weighted by Crippen LogP contribution is -2.17. The third kappa shape index (κ3) is 3.43. The van der Waals surface area contributed by atoms with Crippen LogP contribution in [0.25, 0.3) is 0 Å². The van der Waals surface area contributed by atoms with E-state index in [0.29, 0.717) is 13.2 Å². The van der Waals surface area contributed by atoms with E-state index in [4.69, 9.17) is 14.7 Å². The highest BCUT2D eigenvalue weighted by molar-refractivity contribution is 5.44. The van der Waals surface area contributed by atoms with Gasteiger partial charge in [0.2, 0.25) is 0 Å². The molecule has 0 saturated heterocycles. The number of nitriles is 1. The number of benzene rings is 1. The molecular weight excluding hydrogens is 252 g/mol. The summed E-state index contributed by atoms with van der Waals surface area (Å²) in [7, 11) is 1.94. The Labute approximate surface area is 120 Å². The second-order valence-electron chi connectivity index (χ2n) is 5.80. The molecule has 0 fully saturated rings. The zero-order chi connectivity index (χ0) is 14.6. The molecule has 0 saturated carbocycles. The Balaban J connectivity index is 1.85. The van der Waals surface area contributed by atoms with Crippen molar-refractivity contribution in [3.8, 4) is 17.6 Å².